The van der Waals surface area contributed by atoms with Crippen LogP contribution in [0.2, 0.25) is 0 Å². The van der Waals surface area contributed by atoms with Crippen molar-refractivity contribution < 1.29 is 36.4 Å². The molecule has 216 valence electrons. The van der Waals surface area contributed by atoms with Gasteiger partial charge in [0.1, 0.15) is 12.4 Å². The fourth-order valence-corrected chi connectivity index (χ4v) is 6.04. The van der Waals surface area contributed by atoms with Crippen molar-refractivity contribution in [1.82, 2.24) is 19.4 Å². The van der Waals surface area contributed by atoms with Crippen molar-refractivity contribution in [1.29, 1.82) is 0 Å². The van der Waals surface area contributed by atoms with Crippen LogP contribution < -0.4 is 4.74 Å². The highest BCUT2D eigenvalue weighted by Gasteiger charge is 2.32. The third-order valence-electron chi connectivity index (χ3n) is 6.74. The molecule has 3 aromatic rings. The van der Waals surface area contributed by atoms with E-state index in [2.05, 4.69) is 9.97 Å². The number of hydrogen-bond acceptors (Lipinski definition) is 7. The molecule has 9 nitrogen and oxygen atoms in total. The molecule has 1 amide bonds. The largest absolute Gasteiger partial charge is 0.484 e. The van der Waals surface area contributed by atoms with Gasteiger partial charge in [-0.1, -0.05) is 31.4 Å². The second kappa shape index (κ2) is 12.8. The van der Waals surface area contributed by atoms with Gasteiger partial charge in [0.05, 0.1) is 39.8 Å². The third kappa shape index (κ3) is 7.18. The Morgan fingerprint density at radius 2 is 1.88 bits per heavy atom. The van der Waals surface area contributed by atoms with E-state index in [1.165, 1.54) is 23.8 Å². The number of nitrogens with zero attached hydrogens (tertiary/aromatic N) is 4. The van der Waals surface area contributed by atoms with Crippen molar-refractivity contribution in [2.24, 2.45) is 0 Å². The van der Waals surface area contributed by atoms with E-state index in [0.717, 1.165) is 32.1 Å². The maximum Gasteiger partial charge on any atom is 0.422 e. The molecule has 0 spiro atoms. The van der Waals surface area contributed by atoms with Crippen molar-refractivity contribution >= 4 is 33.8 Å². The van der Waals surface area contributed by atoms with Gasteiger partial charge in [0.15, 0.2) is 6.61 Å². The number of rotatable bonds is 9. The van der Waals surface area contributed by atoms with Gasteiger partial charge < -0.3 is 14.4 Å². The summed E-state index contributed by atoms with van der Waals surface area (Å²) in [6, 6.07) is 7.73. The lowest BCUT2D eigenvalue weighted by atomic mass is 9.94. The maximum atomic E-state index is 14.1. The Balaban J connectivity index is 1.67. The lowest BCUT2D eigenvalue weighted by Crippen LogP contribution is -2.46. The SMILES string of the molecule is CC(=O)OCCN(C(=O)n1c([S@](=O)Cc2nccc(OCC(F)(F)F)c2C)nc2ccccc21)C1CCCCC1. The van der Waals surface area contributed by atoms with Gasteiger partial charge in [-0.2, -0.15) is 13.2 Å². The highest BCUT2D eigenvalue weighted by Crippen LogP contribution is 2.28. The second-order valence-corrected chi connectivity index (χ2v) is 10.9. The summed E-state index contributed by atoms with van der Waals surface area (Å²) in [5.74, 6) is -0.657. The summed E-state index contributed by atoms with van der Waals surface area (Å²) in [5, 5.41) is 0.00214. The molecule has 13 heteroatoms. The summed E-state index contributed by atoms with van der Waals surface area (Å²) in [7, 11) is -1.89. The van der Waals surface area contributed by atoms with Crippen LogP contribution in [0.1, 0.15) is 50.3 Å². The van der Waals surface area contributed by atoms with E-state index in [9.17, 15) is 27.0 Å². The molecule has 40 heavy (non-hydrogen) atoms. The number of alkyl halides is 3. The van der Waals surface area contributed by atoms with Crippen molar-refractivity contribution in [2.75, 3.05) is 19.8 Å². The van der Waals surface area contributed by atoms with E-state index in [0.29, 0.717) is 16.6 Å². The van der Waals surface area contributed by atoms with E-state index in [-0.39, 0.29) is 41.5 Å². The Labute approximate surface area is 232 Å². The topological polar surface area (TPSA) is 104 Å². The lowest BCUT2D eigenvalue weighted by molar-refractivity contribution is -0.153. The molecule has 0 saturated heterocycles. The number of hydrogen-bond donors (Lipinski definition) is 0. The second-order valence-electron chi connectivity index (χ2n) is 9.60. The summed E-state index contributed by atoms with van der Waals surface area (Å²) >= 11 is 0. The number of carbonyl (C=O) groups excluding carboxylic acids is 2. The van der Waals surface area contributed by atoms with Crippen molar-refractivity contribution in [2.45, 2.75) is 69.1 Å². The number of imidazole rings is 1. The summed E-state index contributed by atoms with van der Waals surface area (Å²) in [5.41, 5.74) is 1.52. The number of amides is 1. The highest BCUT2D eigenvalue weighted by molar-refractivity contribution is 7.84. The molecule has 1 fully saturated rings. The van der Waals surface area contributed by atoms with Crippen LogP contribution in [0.5, 0.6) is 5.75 Å². The van der Waals surface area contributed by atoms with E-state index in [1.54, 1.807) is 36.1 Å². The molecular weight excluding hydrogens is 549 g/mol. The van der Waals surface area contributed by atoms with Crippen LogP contribution in [0.3, 0.4) is 0 Å². The first kappa shape index (κ1) is 29.5. The molecule has 1 saturated carbocycles. The molecule has 0 N–H and O–H groups in total. The number of benzene rings is 1. The van der Waals surface area contributed by atoms with Gasteiger partial charge in [-0.25, -0.2) is 14.3 Å². The molecule has 0 bridgehead atoms. The van der Waals surface area contributed by atoms with Gasteiger partial charge in [-0.3, -0.25) is 14.0 Å². The summed E-state index contributed by atoms with van der Waals surface area (Å²) in [6.07, 6.45) is 1.37. The summed E-state index contributed by atoms with van der Waals surface area (Å²) in [4.78, 5) is 35.9. The zero-order chi connectivity index (χ0) is 28.9. The van der Waals surface area contributed by atoms with E-state index >= 15 is 0 Å². The smallest absolute Gasteiger partial charge is 0.422 e. The Bertz CT molecular complexity index is 1390. The third-order valence-corrected chi connectivity index (χ3v) is 7.96. The number of para-hydroxylation sites is 2. The Morgan fingerprint density at radius 3 is 2.58 bits per heavy atom. The number of pyridine rings is 1. The Morgan fingerprint density at radius 1 is 1.15 bits per heavy atom. The predicted octanol–water partition coefficient (Wildman–Crippen LogP) is 5.15. The van der Waals surface area contributed by atoms with E-state index < -0.39 is 35.6 Å². The number of halogens is 3. The Hall–Kier alpha value is -3.48. The zero-order valence-corrected chi connectivity index (χ0v) is 23.1. The van der Waals surface area contributed by atoms with Crippen LogP contribution in [0.4, 0.5) is 18.0 Å². The van der Waals surface area contributed by atoms with Gasteiger partial charge in [0.2, 0.25) is 5.16 Å². The molecule has 1 aliphatic rings. The monoisotopic (exact) mass is 580 g/mol. The average Bonchev–Trinajstić information content (AvgIpc) is 3.31. The number of aromatic nitrogens is 3. The first-order valence-corrected chi connectivity index (χ1v) is 14.3. The average molecular weight is 581 g/mol. The quantitative estimate of drug-likeness (QED) is 0.322. The number of esters is 1. The van der Waals surface area contributed by atoms with Gasteiger partial charge in [0, 0.05) is 24.7 Å². The van der Waals surface area contributed by atoms with Gasteiger partial charge in [-0.15, -0.1) is 0 Å². The van der Waals surface area contributed by atoms with Crippen LogP contribution in [-0.2, 0) is 26.1 Å². The molecule has 1 aromatic carbocycles. The molecule has 2 heterocycles. The van der Waals surface area contributed by atoms with Crippen LogP contribution in [0.25, 0.3) is 11.0 Å². The van der Waals surface area contributed by atoms with Crippen molar-refractivity contribution in [3.8, 4) is 5.75 Å². The predicted molar refractivity (Wildman–Crippen MR) is 141 cm³/mol. The summed E-state index contributed by atoms with van der Waals surface area (Å²) < 4.78 is 63.1. The molecule has 2 aromatic heterocycles. The molecule has 0 aliphatic heterocycles. The number of fused-ring (bicyclic) bond motifs is 1. The first-order chi connectivity index (χ1) is 19.0. The van der Waals surface area contributed by atoms with Crippen molar-refractivity contribution in [3.63, 3.8) is 0 Å². The van der Waals surface area contributed by atoms with Gasteiger partial charge >= 0.3 is 18.2 Å². The van der Waals surface area contributed by atoms with Crippen molar-refractivity contribution in [3.05, 3.63) is 47.8 Å². The maximum absolute atomic E-state index is 14.1. The highest BCUT2D eigenvalue weighted by atomic mass is 32.2. The normalized spacial score (nSPS) is 15.1. The minimum Gasteiger partial charge on any atom is -0.484 e. The van der Waals surface area contributed by atoms with Crippen LogP contribution in [-0.4, -0.2) is 67.6 Å². The Kier molecular flexibility index (Phi) is 9.44. The number of carbonyl (C=O) groups is 2. The zero-order valence-electron chi connectivity index (χ0n) is 22.3. The fourth-order valence-electron chi connectivity index (χ4n) is 4.79. The molecule has 1 atom stereocenters. The molecule has 0 radical (unpaired) electrons. The van der Waals surface area contributed by atoms with Crippen LogP contribution in [0, 0.1) is 6.92 Å². The number of ether oxygens (including phenoxy) is 2. The summed E-state index contributed by atoms with van der Waals surface area (Å²) in [6.45, 7) is 1.57. The minimum absolute atomic E-state index is 0.00214. The van der Waals surface area contributed by atoms with E-state index in [4.69, 9.17) is 9.47 Å². The van der Waals surface area contributed by atoms with E-state index in [1.807, 2.05) is 0 Å². The van der Waals surface area contributed by atoms with Gasteiger partial charge in [0.25, 0.3) is 0 Å². The van der Waals surface area contributed by atoms with Crippen LogP contribution in [0.15, 0.2) is 41.7 Å². The molecular formula is C27H31F3N4O5S. The minimum atomic E-state index is -4.51. The lowest BCUT2D eigenvalue weighted by Gasteiger charge is -2.34. The first-order valence-electron chi connectivity index (χ1n) is 13.0. The molecule has 0 unspecified atom stereocenters. The van der Waals surface area contributed by atoms with Crippen LogP contribution >= 0.6 is 0 Å². The van der Waals surface area contributed by atoms with Gasteiger partial charge in [-0.05, 0) is 38.0 Å². The standard InChI is InChI=1S/C27H31F3N4O5S/c1-18-22(31-13-12-24(18)39-17-27(28,29)30)16-40(37)25-32-21-10-6-7-11-23(21)34(25)26(36)33(14-15-38-19(2)35)20-8-4-3-5-9-20/h6-7,10-13,20H,3-5,8-9,14-17H2,1-2H3/t40-/m1/s1. The molecule has 1 aliphatic carbocycles. The fraction of sp³-hybridized carbons (Fsp3) is 0.481. The molecule has 4 rings (SSSR count).